The summed E-state index contributed by atoms with van der Waals surface area (Å²) in [5.41, 5.74) is 4.68. The van der Waals surface area contributed by atoms with Crippen LogP contribution < -0.4 is 11.1 Å². The molecule has 7 nitrogen and oxygen atoms in total. The number of nitrogens with one attached hydrogen (secondary N) is 1. The first-order valence-corrected chi connectivity index (χ1v) is 6.36. The number of hydrogen-bond acceptors (Lipinski definition) is 4. The lowest BCUT2D eigenvalue weighted by Crippen LogP contribution is -2.43. The molecule has 1 heterocycles. The van der Waals surface area contributed by atoms with Crippen LogP contribution in [0, 0.1) is 5.41 Å². The van der Waals surface area contributed by atoms with Crippen LogP contribution in [0.5, 0.6) is 0 Å². The lowest BCUT2D eigenvalue weighted by Gasteiger charge is -2.29. The molecule has 4 N–H and O–H groups in total. The van der Waals surface area contributed by atoms with E-state index in [1.807, 2.05) is 20.8 Å². The summed E-state index contributed by atoms with van der Waals surface area (Å²) >= 11 is 0. The zero-order valence-electron chi connectivity index (χ0n) is 13.0. The second-order valence-electron chi connectivity index (χ2n) is 6.79. The van der Waals surface area contributed by atoms with Gasteiger partial charge in [-0.1, -0.05) is 20.8 Å². The minimum atomic E-state index is -0.942. The Hall–Kier alpha value is -1.63. The molecule has 1 atom stereocenters. The summed E-state index contributed by atoms with van der Waals surface area (Å²) in [5, 5.41) is 10.6. The fourth-order valence-electron chi connectivity index (χ4n) is 1.35. The Bertz CT molecular complexity index is 393. The summed E-state index contributed by atoms with van der Waals surface area (Å²) in [6.07, 6.45) is 0. The van der Waals surface area contributed by atoms with Crippen molar-refractivity contribution in [1.82, 2.24) is 10.2 Å². The molecule has 0 bridgehead atoms. The molecule has 0 spiro atoms. The van der Waals surface area contributed by atoms with Gasteiger partial charge in [-0.25, -0.2) is 4.79 Å². The predicted octanol–water partition coefficient (Wildman–Crippen LogP) is 0.781. The molecule has 0 saturated carbocycles. The van der Waals surface area contributed by atoms with E-state index in [0.29, 0.717) is 0 Å². The quantitative estimate of drug-likeness (QED) is 0.617. The molecule has 0 radical (unpaired) electrons. The summed E-state index contributed by atoms with van der Waals surface area (Å²) in [4.78, 5) is 33.5. The molecule has 1 aliphatic heterocycles. The molecule has 0 aromatic rings. The second kappa shape index (κ2) is 6.21. The normalized spacial score (nSPS) is 17.2. The first-order chi connectivity index (χ1) is 8.76. The third-order valence-corrected chi connectivity index (χ3v) is 2.80. The van der Waals surface area contributed by atoms with Crippen molar-refractivity contribution < 1.29 is 19.5 Å². The maximum absolute atomic E-state index is 11.0. The smallest absolute Gasteiger partial charge is 0.325 e. The van der Waals surface area contributed by atoms with E-state index in [2.05, 4.69) is 5.32 Å². The first kappa shape index (κ1) is 18.4. The average Bonchev–Trinajstić information content (AvgIpc) is 2.55. The zero-order chi connectivity index (χ0) is 16.3. The fourth-order valence-corrected chi connectivity index (χ4v) is 1.35. The molecule has 0 aromatic carbocycles. The van der Waals surface area contributed by atoms with Crippen molar-refractivity contribution in [2.24, 2.45) is 11.1 Å². The number of rotatable bonds is 1. The summed E-state index contributed by atoms with van der Waals surface area (Å²) in [6.45, 7) is 11.3. The van der Waals surface area contributed by atoms with Crippen LogP contribution in [0.3, 0.4) is 0 Å². The highest BCUT2D eigenvalue weighted by Gasteiger charge is 2.34. The Labute approximate surface area is 119 Å². The van der Waals surface area contributed by atoms with Crippen LogP contribution >= 0.6 is 0 Å². The number of imide groups is 1. The van der Waals surface area contributed by atoms with Crippen molar-refractivity contribution in [3.05, 3.63) is 0 Å². The van der Waals surface area contributed by atoms with E-state index in [1.54, 1.807) is 20.8 Å². The van der Waals surface area contributed by atoms with E-state index in [0.717, 1.165) is 0 Å². The molecule has 0 aromatic heterocycles. The van der Waals surface area contributed by atoms with Crippen molar-refractivity contribution in [2.45, 2.75) is 53.1 Å². The maximum atomic E-state index is 11.0. The maximum Gasteiger partial charge on any atom is 0.325 e. The van der Waals surface area contributed by atoms with E-state index in [1.165, 1.54) is 4.90 Å². The molecule has 0 unspecified atom stereocenters. The molecule has 3 amide bonds. The molecule has 7 heteroatoms. The van der Waals surface area contributed by atoms with Gasteiger partial charge < -0.3 is 15.7 Å². The number of carboxylic acids is 1. The van der Waals surface area contributed by atoms with E-state index >= 15 is 0 Å². The fraction of sp³-hybridized carbons (Fsp3) is 0.769. The van der Waals surface area contributed by atoms with Crippen LogP contribution in [0.15, 0.2) is 0 Å². The summed E-state index contributed by atoms with van der Waals surface area (Å²) in [6, 6.07) is -1.06. The Balaban J connectivity index is 0.000000370. The number of carbonyl (C=O) groups is 3. The predicted molar refractivity (Wildman–Crippen MR) is 75.1 cm³/mol. The third kappa shape index (κ3) is 5.56. The van der Waals surface area contributed by atoms with Gasteiger partial charge in [0.15, 0.2) is 0 Å². The van der Waals surface area contributed by atoms with Crippen molar-refractivity contribution in [1.29, 1.82) is 0 Å². The van der Waals surface area contributed by atoms with Gasteiger partial charge in [-0.3, -0.25) is 14.9 Å². The Morgan fingerprint density at radius 1 is 1.25 bits per heavy atom. The molecule has 1 rings (SSSR count). The first-order valence-electron chi connectivity index (χ1n) is 6.36. The van der Waals surface area contributed by atoms with Crippen molar-refractivity contribution in [3.63, 3.8) is 0 Å². The molecule has 0 aliphatic carbocycles. The van der Waals surface area contributed by atoms with Gasteiger partial charge in [0.1, 0.15) is 12.6 Å². The minimum absolute atomic E-state index is 0.183. The van der Waals surface area contributed by atoms with E-state index in [4.69, 9.17) is 10.8 Å². The number of nitrogens with zero attached hydrogens (tertiary/aromatic N) is 1. The van der Waals surface area contributed by atoms with Gasteiger partial charge in [-0.05, 0) is 26.2 Å². The molecular weight excluding hydrogens is 262 g/mol. The summed E-state index contributed by atoms with van der Waals surface area (Å²) in [7, 11) is 0. The Morgan fingerprint density at radius 2 is 1.70 bits per heavy atom. The van der Waals surface area contributed by atoms with Crippen LogP contribution in [0.1, 0.15) is 41.5 Å². The molecule has 20 heavy (non-hydrogen) atoms. The van der Waals surface area contributed by atoms with Gasteiger partial charge >= 0.3 is 12.0 Å². The summed E-state index contributed by atoms with van der Waals surface area (Å²) in [5.74, 6) is -1.16. The van der Waals surface area contributed by atoms with Gasteiger partial charge in [0.2, 0.25) is 5.91 Å². The number of amides is 3. The average molecular weight is 287 g/mol. The van der Waals surface area contributed by atoms with Crippen molar-refractivity contribution in [2.75, 3.05) is 6.54 Å². The lowest BCUT2D eigenvalue weighted by atomic mass is 9.88. The minimum Gasteiger partial charge on any atom is -0.480 e. The van der Waals surface area contributed by atoms with Crippen LogP contribution in [0.2, 0.25) is 0 Å². The van der Waals surface area contributed by atoms with Gasteiger partial charge in [0.05, 0.1) is 0 Å². The van der Waals surface area contributed by atoms with Gasteiger partial charge in [0.25, 0.3) is 0 Å². The molecule has 1 fully saturated rings. The largest absolute Gasteiger partial charge is 0.480 e. The monoisotopic (exact) mass is 287 g/mol. The van der Waals surface area contributed by atoms with Crippen LogP contribution in [0.4, 0.5) is 4.79 Å². The number of aliphatic carboxylic acids is 1. The molecule has 1 saturated heterocycles. The number of hydrogen-bond donors (Lipinski definition) is 3. The lowest BCUT2D eigenvalue weighted by molar-refractivity contribution is -0.141. The Kier molecular flexibility index (Phi) is 5.71. The molecule has 1 aliphatic rings. The van der Waals surface area contributed by atoms with Crippen molar-refractivity contribution >= 4 is 17.9 Å². The van der Waals surface area contributed by atoms with Gasteiger partial charge in [0, 0.05) is 5.54 Å². The SMILES string of the molecule is CC(C)(C)N1CC(=O)NC1=O.CC(C)(C)[C@H](N)C(=O)O. The summed E-state index contributed by atoms with van der Waals surface area (Å²) < 4.78 is 0. The van der Waals surface area contributed by atoms with E-state index in [9.17, 15) is 14.4 Å². The highest BCUT2D eigenvalue weighted by Crippen LogP contribution is 2.17. The number of nitrogens with two attached hydrogens (primary N) is 1. The van der Waals surface area contributed by atoms with E-state index in [-0.39, 0.29) is 29.4 Å². The second-order valence-corrected chi connectivity index (χ2v) is 6.79. The number of carboxylic acid groups (broad SMARTS) is 1. The van der Waals surface area contributed by atoms with Crippen molar-refractivity contribution in [3.8, 4) is 0 Å². The van der Waals surface area contributed by atoms with Gasteiger partial charge in [-0.2, -0.15) is 0 Å². The van der Waals surface area contributed by atoms with E-state index < -0.39 is 12.0 Å². The molecular formula is C13H25N3O4. The highest BCUT2D eigenvalue weighted by molar-refractivity contribution is 6.02. The standard InChI is InChI=1S/C7H12N2O2.C6H13NO2/c1-7(2,3)9-4-5(10)8-6(9)11;1-6(2,3)4(7)5(8)9/h4H2,1-3H3,(H,8,10,11);4H,7H2,1-3H3,(H,8,9)/t;4-/m.1/s1. The molecule has 116 valence electrons. The topological polar surface area (TPSA) is 113 Å². The number of carbonyl (C=O) groups excluding carboxylic acids is 2. The van der Waals surface area contributed by atoms with Crippen LogP contribution in [-0.2, 0) is 9.59 Å². The van der Waals surface area contributed by atoms with Crippen LogP contribution in [-0.4, -0.2) is 46.0 Å². The highest BCUT2D eigenvalue weighted by atomic mass is 16.4. The van der Waals surface area contributed by atoms with Gasteiger partial charge in [-0.15, -0.1) is 0 Å². The Morgan fingerprint density at radius 3 is 1.80 bits per heavy atom. The third-order valence-electron chi connectivity index (χ3n) is 2.80. The zero-order valence-corrected chi connectivity index (χ0v) is 13.0. The van der Waals surface area contributed by atoms with Crippen LogP contribution in [0.25, 0.3) is 0 Å². The number of urea groups is 1.